The number of likely N-dealkylation sites (N-methyl/N-ethyl adjacent to an activating group) is 1. The van der Waals surface area contributed by atoms with Crippen LogP contribution in [0.1, 0.15) is 12.5 Å². The molecule has 0 saturated carbocycles. The number of hydrogen-bond donors (Lipinski definition) is 1. The molecule has 0 spiro atoms. The van der Waals surface area contributed by atoms with Gasteiger partial charge in [0.25, 0.3) is 0 Å². The Morgan fingerprint density at radius 1 is 1.44 bits per heavy atom. The van der Waals surface area contributed by atoms with Gasteiger partial charge in [-0.3, -0.25) is 0 Å². The zero-order chi connectivity index (χ0) is 13.5. The van der Waals surface area contributed by atoms with Crippen molar-refractivity contribution >= 4 is 0 Å². The van der Waals surface area contributed by atoms with Crippen molar-refractivity contribution in [1.29, 1.82) is 5.26 Å². The molecule has 0 aliphatic rings. The molecule has 0 saturated heterocycles. The highest BCUT2D eigenvalue weighted by molar-refractivity contribution is 5.33. The van der Waals surface area contributed by atoms with E-state index in [1.165, 1.54) is 5.56 Å². The molecule has 0 aromatic heterocycles. The lowest BCUT2D eigenvalue weighted by Crippen LogP contribution is -2.40. The number of para-hydroxylation sites is 1. The van der Waals surface area contributed by atoms with E-state index in [4.69, 9.17) is 15.7 Å². The number of nitrogens with zero attached hydrogens (tertiary/aromatic N) is 2. The Hall–Kier alpha value is -1.57. The van der Waals surface area contributed by atoms with Crippen molar-refractivity contribution in [2.75, 3.05) is 20.7 Å². The van der Waals surface area contributed by atoms with E-state index in [9.17, 15) is 0 Å². The molecular formula is C14H21N3O. The molecule has 2 unspecified atom stereocenters. The van der Waals surface area contributed by atoms with E-state index in [0.29, 0.717) is 12.6 Å². The van der Waals surface area contributed by atoms with E-state index in [1.54, 1.807) is 7.11 Å². The fraction of sp³-hybridized carbons (Fsp3) is 0.500. The molecule has 0 aliphatic carbocycles. The maximum Gasteiger partial charge on any atom is 0.122 e. The van der Waals surface area contributed by atoms with Crippen molar-refractivity contribution in [1.82, 2.24) is 4.90 Å². The van der Waals surface area contributed by atoms with Gasteiger partial charge < -0.3 is 15.4 Å². The average molecular weight is 247 g/mol. The number of nitrogens with two attached hydrogens (primary N) is 1. The summed E-state index contributed by atoms with van der Waals surface area (Å²) in [5.74, 6) is 0.905. The van der Waals surface area contributed by atoms with Crippen LogP contribution in [0.3, 0.4) is 0 Å². The molecule has 1 rings (SSSR count). The molecule has 18 heavy (non-hydrogen) atoms. The van der Waals surface area contributed by atoms with Crippen molar-refractivity contribution in [2.24, 2.45) is 5.73 Å². The van der Waals surface area contributed by atoms with E-state index in [0.717, 1.165) is 12.2 Å². The third-order valence-electron chi connectivity index (χ3n) is 3.11. The van der Waals surface area contributed by atoms with Crippen LogP contribution in [0.4, 0.5) is 0 Å². The van der Waals surface area contributed by atoms with Gasteiger partial charge in [-0.2, -0.15) is 5.26 Å². The summed E-state index contributed by atoms with van der Waals surface area (Å²) in [6, 6.07) is 9.91. The molecular weight excluding hydrogens is 226 g/mol. The van der Waals surface area contributed by atoms with E-state index < -0.39 is 6.04 Å². The van der Waals surface area contributed by atoms with Crippen LogP contribution in [-0.2, 0) is 6.42 Å². The van der Waals surface area contributed by atoms with Gasteiger partial charge in [0.15, 0.2) is 0 Å². The van der Waals surface area contributed by atoms with Crippen molar-refractivity contribution in [3.8, 4) is 11.8 Å². The molecule has 0 radical (unpaired) electrons. The first-order valence-electron chi connectivity index (χ1n) is 6.05. The largest absolute Gasteiger partial charge is 0.496 e. The lowest BCUT2D eigenvalue weighted by atomic mass is 10.0. The van der Waals surface area contributed by atoms with Crippen LogP contribution in [0.15, 0.2) is 24.3 Å². The van der Waals surface area contributed by atoms with Gasteiger partial charge in [0.1, 0.15) is 11.8 Å². The van der Waals surface area contributed by atoms with Gasteiger partial charge in [0.2, 0.25) is 0 Å². The molecule has 1 aromatic rings. The Morgan fingerprint density at radius 2 is 2.11 bits per heavy atom. The second-order valence-corrected chi connectivity index (χ2v) is 4.54. The number of ether oxygens (including phenoxy) is 1. The molecule has 0 bridgehead atoms. The van der Waals surface area contributed by atoms with E-state index in [1.807, 2.05) is 31.3 Å². The van der Waals surface area contributed by atoms with Gasteiger partial charge in [-0.25, -0.2) is 0 Å². The Morgan fingerprint density at radius 3 is 2.72 bits per heavy atom. The fourth-order valence-electron chi connectivity index (χ4n) is 1.88. The summed E-state index contributed by atoms with van der Waals surface area (Å²) in [7, 11) is 3.66. The van der Waals surface area contributed by atoms with Crippen molar-refractivity contribution in [3.05, 3.63) is 29.8 Å². The summed E-state index contributed by atoms with van der Waals surface area (Å²) in [6.45, 7) is 2.70. The predicted octanol–water partition coefficient (Wildman–Crippen LogP) is 1.41. The summed E-state index contributed by atoms with van der Waals surface area (Å²) in [4.78, 5) is 2.10. The van der Waals surface area contributed by atoms with Gasteiger partial charge in [-0.15, -0.1) is 0 Å². The lowest BCUT2D eigenvalue weighted by Gasteiger charge is -2.26. The highest BCUT2D eigenvalue weighted by Crippen LogP contribution is 2.20. The Labute approximate surface area is 109 Å². The standard InChI is InChI=1S/C14H21N3O/c1-11(17(2)10-13(16)9-15)8-12-6-4-5-7-14(12)18-3/h4-7,11,13H,8,10,16H2,1-3H3. The molecule has 98 valence electrons. The second-order valence-electron chi connectivity index (χ2n) is 4.54. The van der Waals surface area contributed by atoms with E-state index >= 15 is 0 Å². The van der Waals surface area contributed by atoms with Crippen LogP contribution in [0.2, 0.25) is 0 Å². The molecule has 4 heteroatoms. The summed E-state index contributed by atoms with van der Waals surface area (Å²) in [5.41, 5.74) is 6.80. The van der Waals surface area contributed by atoms with Crippen LogP contribution in [-0.4, -0.2) is 37.7 Å². The smallest absolute Gasteiger partial charge is 0.122 e. The second kappa shape index (κ2) is 7.00. The molecule has 0 amide bonds. The number of nitriles is 1. The topological polar surface area (TPSA) is 62.3 Å². The number of methoxy groups -OCH3 is 1. The Bertz CT molecular complexity index is 414. The van der Waals surface area contributed by atoms with E-state index in [-0.39, 0.29) is 0 Å². The average Bonchev–Trinajstić information content (AvgIpc) is 2.39. The maximum atomic E-state index is 8.72. The first-order chi connectivity index (χ1) is 8.58. The minimum Gasteiger partial charge on any atom is -0.496 e. The normalized spacial score (nSPS) is 14.0. The molecule has 0 heterocycles. The Balaban J connectivity index is 2.64. The van der Waals surface area contributed by atoms with Crippen LogP contribution in [0, 0.1) is 11.3 Å². The minimum absolute atomic E-state index is 0.306. The summed E-state index contributed by atoms with van der Waals surface area (Å²) in [6.07, 6.45) is 0.874. The lowest BCUT2D eigenvalue weighted by molar-refractivity contribution is 0.250. The van der Waals surface area contributed by atoms with Crippen molar-refractivity contribution < 1.29 is 4.74 Å². The quantitative estimate of drug-likeness (QED) is 0.825. The van der Waals surface area contributed by atoms with Gasteiger partial charge in [-0.1, -0.05) is 18.2 Å². The Kier molecular flexibility index (Phi) is 5.63. The third kappa shape index (κ3) is 4.02. The minimum atomic E-state index is -0.435. The van der Waals surface area contributed by atoms with Crippen LogP contribution in [0.5, 0.6) is 5.75 Å². The van der Waals surface area contributed by atoms with Gasteiger partial charge in [0.05, 0.1) is 13.2 Å². The number of hydrogen-bond acceptors (Lipinski definition) is 4. The summed E-state index contributed by atoms with van der Waals surface area (Å²) >= 11 is 0. The number of rotatable bonds is 6. The summed E-state index contributed by atoms with van der Waals surface area (Å²) < 4.78 is 5.33. The van der Waals surface area contributed by atoms with Crippen LogP contribution in [0.25, 0.3) is 0 Å². The highest BCUT2D eigenvalue weighted by atomic mass is 16.5. The number of benzene rings is 1. The zero-order valence-electron chi connectivity index (χ0n) is 11.3. The van der Waals surface area contributed by atoms with Crippen LogP contribution >= 0.6 is 0 Å². The highest BCUT2D eigenvalue weighted by Gasteiger charge is 2.14. The molecule has 1 aromatic carbocycles. The summed E-state index contributed by atoms with van der Waals surface area (Å²) in [5, 5.41) is 8.72. The van der Waals surface area contributed by atoms with Crippen molar-refractivity contribution in [2.45, 2.75) is 25.4 Å². The third-order valence-corrected chi connectivity index (χ3v) is 3.11. The van der Waals surface area contributed by atoms with Gasteiger partial charge >= 0.3 is 0 Å². The van der Waals surface area contributed by atoms with E-state index in [2.05, 4.69) is 17.9 Å². The first-order valence-corrected chi connectivity index (χ1v) is 6.05. The van der Waals surface area contributed by atoms with Crippen molar-refractivity contribution in [3.63, 3.8) is 0 Å². The predicted molar refractivity (Wildman–Crippen MR) is 72.4 cm³/mol. The molecule has 2 atom stereocenters. The first kappa shape index (κ1) is 14.5. The van der Waals surface area contributed by atoms with Crippen LogP contribution < -0.4 is 10.5 Å². The monoisotopic (exact) mass is 247 g/mol. The van der Waals surface area contributed by atoms with Gasteiger partial charge in [-0.05, 0) is 32.0 Å². The van der Waals surface area contributed by atoms with Gasteiger partial charge in [0, 0.05) is 12.6 Å². The maximum absolute atomic E-state index is 8.72. The zero-order valence-corrected chi connectivity index (χ0v) is 11.3. The molecule has 4 nitrogen and oxygen atoms in total. The molecule has 2 N–H and O–H groups in total. The molecule has 0 aliphatic heterocycles. The SMILES string of the molecule is COc1ccccc1CC(C)N(C)CC(N)C#N. The fourth-order valence-corrected chi connectivity index (χ4v) is 1.88. The molecule has 0 fully saturated rings.